The first-order chi connectivity index (χ1) is 12.5. The predicted molar refractivity (Wildman–Crippen MR) is 103 cm³/mol. The SMILES string of the molecule is C#Cc1cccc(Nc2ncc(C(=O)Nc3c(C)ccc(O)c3C)s2)n1. The van der Waals surface area contributed by atoms with E-state index >= 15 is 0 Å². The number of pyridine rings is 1. The fourth-order valence-corrected chi connectivity index (χ4v) is 3.05. The quantitative estimate of drug-likeness (QED) is 0.612. The normalized spacial score (nSPS) is 10.2. The highest BCUT2D eigenvalue weighted by Gasteiger charge is 2.15. The number of hydrogen-bond donors (Lipinski definition) is 3. The zero-order valence-corrected chi connectivity index (χ0v) is 15.0. The van der Waals surface area contributed by atoms with Crippen molar-refractivity contribution in [3.8, 4) is 18.1 Å². The van der Waals surface area contributed by atoms with Crippen LogP contribution in [0.4, 0.5) is 16.6 Å². The smallest absolute Gasteiger partial charge is 0.267 e. The Morgan fingerprint density at radius 1 is 1.27 bits per heavy atom. The number of carbonyl (C=O) groups is 1. The van der Waals surface area contributed by atoms with Crippen LogP contribution in [0.1, 0.15) is 26.5 Å². The molecule has 0 spiro atoms. The van der Waals surface area contributed by atoms with Crippen LogP contribution in [0.5, 0.6) is 5.75 Å². The van der Waals surface area contributed by atoms with E-state index in [0.717, 1.165) is 5.56 Å². The zero-order chi connectivity index (χ0) is 18.7. The minimum Gasteiger partial charge on any atom is -0.508 e. The zero-order valence-electron chi connectivity index (χ0n) is 14.2. The first-order valence-electron chi connectivity index (χ1n) is 7.75. The lowest BCUT2D eigenvalue weighted by Crippen LogP contribution is -2.12. The van der Waals surface area contributed by atoms with E-state index in [0.29, 0.717) is 32.8 Å². The van der Waals surface area contributed by atoms with Crippen LogP contribution in [-0.4, -0.2) is 21.0 Å². The number of nitrogens with one attached hydrogen (secondary N) is 2. The van der Waals surface area contributed by atoms with Crippen molar-refractivity contribution in [1.29, 1.82) is 0 Å². The van der Waals surface area contributed by atoms with E-state index in [1.54, 1.807) is 37.3 Å². The lowest BCUT2D eigenvalue weighted by Gasteiger charge is -2.11. The lowest BCUT2D eigenvalue weighted by atomic mass is 10.1. The standard InChI is InChI=1S/C19H16N4O2S/c1-4-13-6-5-7-16(21-13)22-19-20-10-15(26-19)18(25)23-17-11(2)8-9-14(24)12(17)3/h1,5-10,24H,2-3H3,(H,23,25)(H,20,21,22). The fraction of sp³-hybridized carbons (Fsp3) is 0.105. The molecule has 0 aliphatic rings. The van der Waals surface area contributed by atoms with Gasteiger partial charge in [0.15, 0.2) is 5.13 Å². The van der Waals surface area contributed by atoms with Crippen molar-refractivity contribution in [3.05, 3.63) is 58.2 Å². The molecule has 0 bridgehead atoms. The number of aryl methyl sites for hydroxylation is 1. The monoisotopic (exact) mass is 364 g/mol. The van der Waals surface area contributed by atoms with Gasteiger partial charge in [0.1, 0.15) is 22.1 Å². The van der Waals surface area contributed by atoms with Crippen molar-refractivity contribution >= 4 is 33.9 Å². The molecule has 0 unspecified atom stereocenters. The van der Waals surface area contributed by atoms with Gasteiger partial charge in [0.2, 0.25) is 0 Å². The molecule has 7 heteroatoms. The van der Waals surface area contributed by atoms with E-state index < -0.39 is 0 Å². The number of carbonyl (C=O) groups excluding carboxylic acids is 1. The molecule has 1 amide bonds. The van der Waals surface area contributed by atoms with Gasteiger partial charge in [-0.2, -0.15) is 0 Å². The van der Waals surface area contributed by atoms with Gasteiger partial charge < -0.3 is 15.7 Å². The number of phenolic OH excluding ortho intramolecular Hbond substituents is 1. The molecule has 2 heterocycles. The van der Waals surface area contributed by atoms with Gasteiger partial charge in [0, 0.05) is 5.56 Å². The van der Waals surface area contributed by atoms with E-state index in [4.69, 9.17) is 6.42 Å². The van der Waals surface area contributed by atoms with Crippen LogP contribution < -0.4 is 10.6 Å². The number of hydrogen-bond acceptors (Lipinski definition) is 6. The Morgan fingerprint density at radius 3 is 2.85 bits per heavy atom. The molecule has 0 aliphatic heterocycles. The van der Waals surface area contributed by atoms with E-state index in [9.17, 15) is 9.90 Å². The summed E-state index contributed by atoms with van der Waals surface area (Å²) in [5, 5.41) is 16.2. The van der Waals surface area contributed by atoms with E-state index in [2.05, 4.69) is 26.5 Å². The van der Waals surface area contributed by atoms with Gasteiger partial charge in [-0.25, -0.2) is 9.97 Å². The number of aromatic nitrogens is 2. The van der Waals surface area contributed by atoms with Crippen LogP contribution in [0.3, 0.4) is 0 Å². The maximum atomic E-state index is 12.5. The number of anilines is 3. The molecule has 26 heavy (non-hydrogen) atoms. The van der Waals surface area contributed by atoms with Gasteiger partial charge in [0.25, 0.3) is 5.91 Å². The molecule has 3 rings (SSSR count). The minimum atomic E-state index is -0.294. The van der Waals surface area contributed by atoms with Crippen molar-refractivity contribution in [3.63, 3.8) is 0 Å². The number of benzene rings is 1. The number of nitrogens with zero attached hydrogens (tertiary/aromatic N) is 2. The van der Waals surface area contributed by atoms with Gasteiger partial charge in [-0.15, -0.1) is 6.42 Å². The first kappa shape index (κ1) is 17.5. The van der Waals surface area contributed by atoms with E-state index in [-0.39, 0.29) is 11.7 Å². The third-order valence-corrected chi connectivity index (χ3v) is 4.66. The fourth-order valence-electron chi connectivity index (χ4n) is 2.33. The summed E-state index contributed by atoms with van der Waals surface area (Å²) in [6.07, 6.45) is 6.83. The van der Waals surface area contributed by atoms with Crippen molar-refractivity contribution in [2.45, 2.75) is 13.8 Å². The highest BCUT2D eigenvalue weighted by Crippen LogP contribution is 2.29. The second-order valence-corrected chi connectivity index (χ2v) is 6.59. The van der Waals surface area contributed by atoms with Crippen LogP contribution in [0.25, 0.3) is 0 Å². The van der Waals surface area contributed by atoms with E-state index in [1.807, 2.05) is 6.92 Å². The summed E-state index contributed by atoms with van der Waals surface area (Å²) in [5.41, 5.74) is 2.60. The number of amides is 1. The summed E-state index contributed by atoms with van der Waals surface area (Å²) >= 11 is 1.20. The Balaban J connectivity index is 1.76. The maximum Gasteiger partial charge on any atom is 0.267 e. The summed E-state index contributed by atoms with van der Waals surface area (Å²) in [6, 6.07) is 8.64. The Hall–Kier alpha value is -3.37. The molecule has 3 N–H and O–H groups in total. The largest absolute Gasteiger partial charge is 0.508 e. The van der Waals surface area contributed by atoms with Gasteiger partial charge >= 0.3 is 0 Å². The second kappa shape index (κ2) is 7.25. The molecule has 2 aromatic heterocycles. The summed E-state index contributed by atoms with van der Waals surface area (Å²) in [7, 11) is 0. The molecule has 1 aromatic carbocycles. The van der Waals surface area contributed by atoms with Gasteiger partial charge in [-0.05, 0) is 37.6 Å². The highest BCUT2D eigenvalue weighted by atomic mass is 32.1. The Morgan fingerprint density at radius 2 is 2.08 bits per heavy atom. The molecule has 0 atom stereocenters. The lowest BCUT2D eigenvalue weighted by molar-refractivity contribution is 0.103. The van der Waals surface area contributed by atoms with Gasteiger partial charge in [-0.3, -0.25) is 4.79 Å². The van der Waals surface area contributed by atoms with E-state index in [1.165, 1.54) is 17.5 Å². The Kier molecular flexibility index (Phi) is 4.87. The predicted octanol–water partition coefficient (Wildman–Crippen LogP) is 3.84. The third-order valence-electron chi connectivity index (χ3n) is 3.74. The molecule has 0 fully saturated rings. The van der Waals surface area contributed by atoms with Crippen molar-refractivity contribution < 1.29 is 9.90 Å². The van der Waals surface area contributed by atoms with Crippen LogP contribution in [0, 0.1) is 26.2 Å². The van der Waals surface area contributed by atoms with Crippen molar-refractivity contribution in [1.82, 2.24) is 9.97 Å². The molecule has 0 saturated heterocycles. The van der Waals surface area contributed by atoms with Gasteiger partial charge in [-0.1, -0.05) is 29.4 Å². The second-order valence-electron chi connectivity index (χ2n) is 5.56. The number of phenols is 1. The molecular formula is C19H16N4O2S. The summed E-state index contributed by atoms with van der Waals surface area (Å²) < 4.78 is 0. The molecule has 0 saturated carbocycles. The first-order valence-corrected chi connectivity index (χ1v) is 8.56. The van der Waals surface area contributed by atoms with Crippen LogP contribution >= 0.6 is 11.3 Å². The van der Waals surface area contributed by atoms with Crippen molar-refractivity contribution in [2.24, 2.45) is 0 Å². The average molecular weight is 364 g/mol. The summed E-state index contributed by atoms with van der Waals surface area (Å²) in [6.45, 7) is 3.62. The number of thiazole rings is 1. The average Bonchev–Trinajstić information content (AvgIpc) is 3.10. The van der Waals surface area contributed by atoms with Crippen LogP contribution in [0.15, 0.2) is 36.5 Å². The van der Waals surface area contributed by atoms with Crippen LogP contribution in [-0.2, 0) is 0 Å². The third kappa shape index (κ3) is 3.66. The highest BCUT2D eigenvalue weighted by molar-refractivity contribution is 7.17. The maximum absolute atomic E-state index is 12.5. The van der Waals surface area contributed by atoms with Gasteiger partial charge in [0.05, 0.1) is 11.9 Å². The summed E-state index contributed by atoms with van der Waals surface area (Å²) in [4.78, 5) is 21.4. The number of aromatic hydroxyl groups is 1. The molecule has 0 aliphatic carbocycles. The molecule has 130 valence electrons. The van der Waals surface area contributed by atoms with Crippen LogP contribution in [0.2, 0.25) is 0 Å². The number of terminal acetylenes is 1. The molecular weight excluding hydrogens is 348 g/mol. The number of rotatable bonds is 4. The Bertz CT molecular complexity index is 1020. The summed E-state index contributed by atoms with van der Waals surface area (Å²) in [5.74, 6) is 2.87. The molecule has 6 nitrogen and oxygen atoms in total. The minimum absolute atomic E-state index is 0.136. The molecule has 0 radical (unpaired) electrons. The topological polar surface area (TPSA) is 87.1 Å². The molecule has 3 aromatic rings. The van der Waals surface area contributed by atoms with Crippen molar-refractivity contribution in [2.75, 3.05) is 10.6 Å². The Labute approximate surface area is 155 Å².